The Hall–Kier alpha value is -2.30. The molecular weight excluding hydrogens is 208 g/mol. The van der Waals surface area contributed by atoms with Crippen molar-refractivity contribution in [2.24, 2.45) is 0 Å². The maximum absolute atomic E-state index is 11.3. The van der Waals surface area contributed by atoms with Crippen LogP contribution in [0.15, 0.2) is 41.6 Å². The minimum atomic E-state index is -0.314. The summed E-state index contributed by atoms with van der Waals surface area (Å²) in [6, 6.07) is 6.93. The van der Waals surface area contributed by atoms with E-state index in [-0.39, 0.29) is 11.3 Å². The van der Waals surface area contributed by atoms with Crippen LogP contribution >= 0.6 is 0 Å². The van der Waals surface area contributed by atoms with Gasteiger partial charge in [-0.05, 0) is 24.3 Å². The van der Waals surface area contributed by atoms with E-state index in [1.54, 1.807) is 31.4 Å². The lowest BCUT2D eigenvalue weighted by molar-refractivity contribution is 0.412. The highest BCUT2D eigenvalue weighted by Gasteiger charge is 2.01. The molecule has 0 fully saturated rings. The normalized spacial score (nSPS) is 9.81. The number of aromatic nitrogens is 2. The smallest absolute Gasteiger partial charge is 0.293 e. The van der Waals surface area contributed by atoms with Crippen molar-refractivity contribution in [1.82, 2.24) is 9.97 Å². The molecule has 0 amide bonds. The topological polar surface area (TPSA) is 64.2 Å². The molecule has 1 N–H and O–H groups in total. The maximum Gasteiger partial charge on any atom is 0.293 e. The molecule has 1 heterocycles. The summed E-state index contributed by atoms with van der Waals surface area (Å²) in [7, 11) is 1.59. The van der Waals surface area contributed by atoms with Gasteiger partial charge < -0.3 is 14.5 Å². The monoisotopic (exact) mass is 218 g/mol. The van der Waals surface area contributed by atoms with Crippen molar-refractivity contribution in [3.63, 3.8) is 0 Å². The van der Waals surface area contributed by atoms with Crippen LogP contribution in [0.25, 0.3) is 0 Å². The Balaban J connectivity index is 2.21. The second-order valence-electron chi connectivity index (χ2n) is 3.02. The standard InChI is InChI=1S/C11H10N2O3/c1-15-8-2-4-9(5-3-8)16-10-6-12-7-13-11(10)14/h2-7H,1H3,(H,12,13,14). The zero-order valence-electron chi connectivity index (χ0n) is 8.64. The Morgan fingerprint density at radius 3 is 2.50 bits per heavy atom. The van der Waals surface area contributed by atoms with Crippen molar-refractivity contribution in [3.8, 4) is 17.2 Å². The third-order valence-electron chi connectivity index (χ3n) is 1.97. The van der Waals surface area contributed by atoms with Crippen molar-refractivity contribution < 1.29 is 9.47 Å². The van der Waals surface area contributed by atoms with Gasteiger partial charge in [0.2, 0.25) is 5.75 Å². The first-order valence-electron chi connectivity index (χ1n) is 4.64. The Morgan fingerprint density at radius 1 is 1.19 bits per heavy atom. The number of nitrogens with zero attached hydrogens (tertiary/aromatic N) is 1. The molecule has 0 atom stereocenters. The Morgan fingerprint density at radius 2 is 1.88 bits per heavy atom. The number of nitrogens with one attached hydrogen (secondary N) is 1. The van der Waals surface area contributed by atoms with E-state index in [9.17, 15) is 4.79 Å². The molecule has 5 heteroatoms. The van der Waals surface area contributed by atoms with E-state index in [1.165, 1.54) is 12.5 Å². The summed E-state index contributed by atoms with van der Waals surface area (Å²) in [5, 5.41) is 0. The van der Waals surface area contributed by atoms with Crippen LogP contribution in [-0.2, 0) is 0 Å². The summed E-state index contributed by atoms with van der Waals surface area (Å²) in [6.45, 7) is 0. The Labute approximate surface area is 91.7 Å². The van der Waals surface area contributed by atoms with Gasteiger partial charge in [0.1, 0.15) is 11.5 Å². The minimum absolute atomic E-state index is 0.160. The van der Waals surface area contributed by atoms with Gasteiger partial charge in [-0.2, -0.15) is 0 Å². The predicted octanol–water partition coefficient (Wildman–Crippen LogP) is 1.57. The number of methoxy groups -OCH3 is 1. The van der Waals surface area contributed by atoms with Crippen LogP contribution in [0.1, 0.15) is 0 Å². The van der Waals surface area contributed by atoms with Gasteiger partial charge in [0.15, 0.2) is 0 Å². The highest BCUT2D eigenvalue weighted by Crippen LogP contribution is 2.20. The van der Waals surface area contributed by atoms with Crippen LogP contribution < -0.4 is 15.0 Å². The van der Waals surface area contributed by atoms with Crippen LogP contribution in [-0.4, -0.2) is 17.1 Å². The molecular formula is C11H10N2O3. The lowest BCUT2D eigenvalue weighted by Crippen LogP contribution is -2.07. The van der Waals surface area contributed by atoms with Crippen molar-refractivity contribution in [1.29, 1.82) is 0 Å². The molecule has 5 nitrogen and oxygen atoms in total. The number of aromatic amines is 1. The van der Waals surface area contributed by atoms with E-state index in [2.05, 4.69) is 9.97 Å². The van der Waals surface area contributed by atoms with E-state index in [0.29, 0.717) is 5.75 Å². The SMILES string of the molecule is COc1ccc(Oc2cnc[nH]c2=O)cc1. The third kappa shape index (κ3) is 2.20. The van der Waals surface area contributed by atoms with Crippen LogP contribution in [0.4, 0.5) is 0 Å². The molecule has 1 aromatic heterocycles. The van der Waals surface area contributed by atoms with Gasteiger partial charge in [-0.15, -0.1) is 0 Å². The summed E-state index contributed by atoms with van der Waals surface area (Å²) < 4.78 is 10.4. The van der Waals surface area contributed by atoms with Crippen LogP contribution in [0.3, 0.4) is 0 Å². The average molecular weight is 218 g/mol. The van der Waals surface area contributed by atoms with Crippen molar-refractivity contribution >= 4 is 0 Å². The van der Waals surface area contributed by atoms with Crippen LogP contribution in [0.2, 0.25) is 0 Å². The zero-order chi connectivity index (χ0) is 11.4. The quantitative estimate of drug-likeness (QED) is 0.849. The summed E-state index contributed by atoms with van der Waals surface area (Å²) in [5.41, 5.74) is -0.314. The molecule has 0 unspecified atom stereocenters. The Kier molecular flexibility index (Phi) is 2.86. The molecule has 0 aliphatic heterocycles. The minimum Gasteiger partial charge on any atom is -0.497 e. The van der Waals surface area contributed by atoms with Gasteiger partial charge in [0.25, 0.3) is 5.56 Å². The fourth-order valence-corrected chi connectivity index (χ4v) is 1.17. The predicted molar refractivity (Wildman–Crippen MR) is 57.9 cm³/mol. The number of ether oxygens (including phenoxy) is 2. The molecule has 0 aliphatic rings. The number of benzene rings is 1. The van der Waals surface area contributed by atoms with Gasteiger partial charge in [0, 0.05) is 0 Å². The van der Waals surface area contributed by atoms with Gasteiger partial charge in [-0.3, -0.25) is 4.79 Å². The molecule has 0 radical (unpaired) electrons. The first kappa shape index (κ1) is 10.2. The molecule has 0 bridgehead atoms. The molecule has 82 valence electrons. The first-order valence-corrected chi connectivity index (χ1v) is 4.64. The third-order valence-corrected chi connectivity index (χ3v) is 1.97. The molecule has 0 saturated carbocycles. The first-order chi connectivity index (χ1) is 7.79. The Bertz CT molecular complexity index is 519. The van der Waals surface area contributed by atoms with Gasteiger partial charge in [0.05, 0.1) is 19.6 Å². The molecule has 0 spiro atoms. The van der Waals surface area contributed by atoms with Crippen molar-refractivity contribution in [3.05, 3.63) is 47.1 Å². The van der Waals surface area contributed by atoms with Crippen molar-refractivity contribution in [2.45, 2.75) is 0 Å². The molecule has 16 heavy (non-hydrogen) atoms. The van der Waals surface area contributed by atoms with E-state index in [4.69, 9.17) is 9.47 Å². The second kappa shape index (κ2) is 4.48. The summed E-state index contributed by atoms with van der Waals surface area (Å²) in [4.78, 5) is 17.5. The number of hydrogen-bond donors (Lipinski definition) is 1. The molecule has 2 aromatic rings. The largest absolute Gasteiger partial charge is 0.497 e. The lowest BCUT2D eigenvalue weighted by Gasteiger charge is -2.04. The average Bonchev–Trinajstić information content (AvgIpc) is 2.33. The zero-order valence-corrected chi connectivity index (χ0v) is 8.64. The van der Waals surface area contributed by atoms with Gasteiger partial charge >= 0.3 is 0 Å². The van der Waals surface area contributed by atoms with Gasteiger partial charge in [-0.1, -0.05) is 0 Å². The second-order valence-corrected chi connectivity index (χ2v) is 3.02. The number of H-pyrrole nitrogens is 1. The highest BCUT2D eigenvalue weighted by atomic mass is 16.5. The van der Waals surface area contributed by atoms with Gasteiger partial charge in [-0.25, -0.2) is 4.98 Å². The maximum atomic E-state index is 11.3. The molecule has 0 aliphatic carbocycles. The fraction of sp³-hybridized carbons (Fsp3) is 0.0909. The van der Waals surface area contributed by atoms with Crippen LogP contribution in [0.5, 0.6) is 17.2 Å². The number of hydrogen-bond acceptors (Lipinski definition) is 4. The van der Waals surface area contributed by atoms with Crippen molar-refractivity contribution in [2.75, 3.05) is 7.11 Å². The summed E-state index contributed by atoms with van der Waals surface area (Å²) in [6.07, 6.45) is 2.67. The highest BCUT2D eigenvalue weighted by molar-refractivity contribution is 5.33. The molecule has 1 aromatic carbocycles. The fourth-order valence-electron chi connectivity index (χ4n) is 1.17. The van der Waals surface area contributed by atoms with E-state index < -0.39 is 0 Å². The molecule has 2 rings (SSSR count). The lowest BCUT2D eigenvalue weighted by atomic mass is 10.3. The summed E-state index contributed by atoms with van der Waals surface area (Å²) in [5.74, 6) is 1.44. The van der Waals surface area contributed by atoms with E-state index in [1.807, 2.05) is 0 Å². The van der Waals surface area contributed by atoms with E-state index >= 15 is 0 Å². The number of rotatable bonds is 3. The molecule has 0 saturated heterocycles. The summed E-state index contributed by atoms with van der Waals surface area (Å²) >= 11 is 0. The van der Waals surface area contributed by atoms with Crippen LogP contribution in [0, 0.1) is 0 Å². The van der Waals surface area contributed by atoms with E-state index in [0.717, 1.165) is 5.75 Å².